The van der Waals surface area contributed by atoms with Crippen LogP contribution in [0.2, 0.25) is 0 Å². The molecule has 0 spiro atoms. The van der Waals surface area contributed by atoms with Crippen LogP contribution in [-0.4, -0.2) is 55.7 Å². The van der Waals surface area contributed by atoms with Gasteiger partial charge in [-0.05, 0) is 56.0 Å². The molecule has 0 radical (unpaired) electrons. The number of hydrogen-bond donors (Lipinski definition) is 2. The fourth-order valence-corrected chi connectivity index (χ4v) is 4.17. The highest BCUT2D eigenvalue weighted by Crippen LogP contribution is 2.23. The second-order valence-electron chi connectivity index (χ2n) is 8.85. The molecular weight excluding hydrogens is 537 g/mol. The number of benzene rings is 1. The summed E-state index contributed by atoms with van der Waals surface area (Å²) in [6.45, 7) is 7.60. The van der Waals surface area contributed by atoms with Gasteiger partial charge < -0.3 is 20.4 Å². The zero-order valence-electron chi connectivity index (χ0n) is 20.6. The van der Waals surface area contributed by atoms with Crippen LogP contribution < -0.4 is 20.4 Å². The number of halogens is 1. The molecule has 2 aromatic heterocycles. The number of aryl methyl sites for hydroxylation is 1. The van der Waals surface area contributed by atoms with E-state index in [-0.39, 0.29) is 24.0 Å². The van der Waals surface area contributed by atoms with Crippen molar-refractivity contribution in [2.24, 2.45) is 4.99 Å². The summed E-state index contributed by atoms with van der Waals surface area (Å²) in [7, 11) is 4.04. The molecule has 1 aliphatic rings. The standard InChI is InChI=1S/C26H35N7.HI/c1-5-27-26(30-21-12-14-33(15-13-21)24-11-10-19(2)17-28-24)29-18-20-16-25(32(3)4)31-23-9-7-6-8-22(20)23;/h6-11,16-17,21H,5,12-15,18H2,1-4H3,(H2,27,29,30);1H. The Hall–Kier alpha value is -2.62. The third kappa shape index (κ3) is 6.49. The fourth-order valence-electron chi connectivity index (χ4n) is 4.17. The first-order valence-corrected chi connectivity index (χ1v) is 11.8. The van der Waals surface area contributed by atoms with Crippen molar-refractivity contribution < 1.29 is 0 Å². The van der Waals surface area contributed by atoms with Crippen molar-refractivity contribution >= 4 is 52.5 Å². The SMILES string of the molecule is CCNC(=NCc1cc(N(C)C)nc2ccccc12)NC1CCN(c2ccc(C)cn2)CC1.I. The number of nitrogens with zero attached hydrogens (tertiary/aromatic N) is 5. The van der Waals surface area contributed by atoms with Gasteiger partial charge in [0.05, 0.1) is 12.1 Å². The lowest BCUT2D eigenvalue weighted by Gasteiger charge is -2.33. The summed E-state index contributed by atoms with van der Waals surface area (Å²) in [6.07, 6.45) is 4.06. The highest BCUT2D eigenvalue weighted by atomic mass is 127. The molecule has 3 heterocycles. The number of piperidine rings is 1. The molecule has 1 saturated heterocycles. The minimum atomic E-state index is 0. The molecule has 0 saturated carbocycles. The average molecular weight is 574 g/mol. The van der Waals surface area contributed by atoms with E-state index in [2.05, 4.69) is 70.8 Å². The summed E-state index contributed by atoms with van der Waals surface area (Å²) < 4.78 is 0. The van der Waals surface area contributed by atoms with Gasteiger partial charge in [-0.1, -0.05) is 24.3 Å². The Morgan fingerprint density at radius 1 is 1.15 bits per heavy atom. The molecule has 34 heavy (non-hydrogen) atoms. The minimum absolute atomic E-state index is 0. The van der Waals surface area contributed by atoms with Gasteiger partial charge in [-0.25, -0.2) is 15.0 Å². The number of aliphatic imine (C=N–C) groups is 1. The summed E-state index contributed by atoms with van der Waals surface area (Å²) in [5, 5.41) is 8.24. The smallest absolute Gasteiger partial charge is 0.191 e. The van der Waals surface area contributed by atoms with E-state index in [1.807, 2.05) is 31.3 Å². The van der Waals surface area contributed by atoms with Crippen molar-refractivity contribution in [2.45, 2.75) is 39.3 Å². The van der Waals surface area contributed by atoms with E-state index in [0.717, 1.165) is 61.0 Å². The largest absolute Gasteiger partial charge is 0.363 e. The van der Waals surface area contributed by atoms with E-state index in [9.17, 15) is 0 Å². The van der Waals surface area contributed by atoms with E-state index in [1.165, 1.54) is 11.1 Å². The van der Waals surface area contributed by atoms with Gasteiger partial charge in [0.25, 0.3) is 0 Å². The summed E-state index contributed by atoms with van der Waals surface area (Å²) in [5.74, 6) is 2.89. The average Bonchev–Trinajstić information content (AvgIpc) is 2.83. The molecule has 1 aliphatic heterocycles. The quantitative estimate of drug-likeness (QED) is 0.260. The number of nitrogens with one attached hydrogen (secondary N) is 2. The summed E-state index contributed by atoms with van der Waals surface area (Å²) >= 11 is 0. The third-order valence-electron chi connectivity index (χ3n) is 6.05. The van der Waals surface area contributed by atoms with E-state index < -0.39 is 0 Å². The topological polar surface area (TPSA) is 68.7 Å². The van der Waals surface area contributed by atoms with Crippen LogP contribution in [-0.2, 0) is 6.54 Å². The van der Waals surface area contributed by atoms with Gasteiger partial charge >= 0.3 is 0 Å². The van der Waals surface area contributed by atoms with E-state index in [0.29, 0.717) is 12.6 Å². The molecule has 4 rings (SSSR count). The van der Waals surface area contributed by atoms with Crippen molar-refractivity contribution in [3.05, 3.63) is 59.8 Å². The normalized spacial score (nSPS) is 14.6. The van der Waals surface area contributed by atoms with Gasteiger partial charge in [0.15, 0.2) is 5.96 Å². The zero-order chi connectivity index (χ0) is 23.2. The van der Waals surface area contributed by atoms with Crippen molar-refractivity contribution in [2.75, 3.05) is 43.5 Å². The summed E-state index contributed by atoms with van der Waals surface area (Å²) in [4.78, 5) is 18.7. The Bertz CT molecular complexity index is 1090. The first kappa shape index (κ1) is 26.0. The molecule has 2 N–H and O–H groups in total. The number of anilines is 2. The van der Waals surface area contributed by atoms with Crippen LogP contribution in [0.3, 0.4) is 0 Å². The molecule has 0 aliphatic carbocycles. The second-order valence-corrected chi connectivity index (χ2v) is 8.85. The Kier molecular flexibility index (Phi) is 9.32. The molecule has 0 bridgehead atoms. The monoisotopic (exact) mass is 573 g/mol. The predicted molar refractivity (Wildman–Crippen MR) is 154 cm³/mol. The number of guanidine groups is 1. The number of pyridine rings is 2. The lowest BCUT2D eigenvalue weighted by molar-refractivity contribution is 0.459. The number of rotatable bonds is 6. The van der Waals surface area contributed by atoms with Crippen LogP contribution in [0.1, 0.15) is 30.9 Å². The number of para-hydroxylation sites is 1. The molecule has 0 unspecified atom stereocenters. The van der Waals surface area contributed by atoms with Gasteiger partial charge in [-0.2, -0.15) is 0 Å². The zero-order valence-corrected chi connectivity index (χ0v) is 22.9. The van der Waals surface area contributed by atoms with E-state index in [4.69, 9.17) is 9.98 Å². The van der Waals surface area contributed by atoms with Crippen molar-refractivity contribution in [1.29, 1.82) is 0 Å². The van der Waals surface area contributed by atoms with Crippen LogP contribution in [0.15, 0.2) is 53.7 Å². The molecule has 3 aromatic rings. The van der Waals surface area contributed by atoms with E-state index >= 15 is 0 Å². The highest BCUT2D eigenvalue weighted by Gasteiger charge is 2.21. The third-order valence-corrected chi connectivity index (χ3v) is 6.05. The Labute approximate surface area is 220 Å². The van der Waals surface area contributed by atoms with Gasteiger partial charge in [0.2, 0.25) is 0 Å². The predicted octanol–water partition coefficient (Wildman–Crippen LogP) is 4.35. The summed E-state index contributed by atoms with van der Waals surface area (Å²) in [5.41, 5.74) is 3.38. The molecule has 1 fully saturated rings. The van der Waals surface area contributed by atoms with Crippen LogP contribution >= 0.6 is 24.0 Å². The first-order chi connectivity index (χ1) is 16.0. The first-order valence-electron chi connectivity index (χ1n) is 11.8. The molecular formula is C26H36IN7. The molecule has 8 heteroatoms. The Morgan fingerprint density at radius 3 is 2.59 bits per heavy atom. The number of aromatic nitrogens is 2. The molecule has 7 nitrogen and oxygen atoms in total. The maximum absolute atomic E-state index is 4.94. The Morgan fingerprint density at radius 2 is 1.91 bits per heavy atom. The molecule has 0 amide bonds. The minimum Gasteiger partial charge on any atom is -0.363 e. The van der Waals surface area contributed by atoms with Crippen molar-refractivity contribution in [3.63, 3.8) is 0 Å². The fraction of sp³-hybridized carbons (Fsp3) is 0.423. The summed E-state index contributed by atoms with van der Waals surface area (Å²) in [6, 6.07) is 15.1. The molecule has 182 valence electrons. The van der Waals surface area contributed by atoms with Crippen LogP contribution in [0.4, 0.5) is 11.6 Å². The van der Waals surface area contributed by atoms with Crippen molar-refractivity contribution in [1.82, 2.24) is 20.6 Å². The van der Waals surface area contributed by atoms with Crippen LogP contribution in [0.5, 0.6) is 0 Å². The Balaban J connectivity index is 0.00000324. The lowest BCUT2D eigenvalue weighted by atomic mass is 10.1. The highest BCUT2D eigenvalue weighted by molar-refractivity contribution is 14.0. The van der Waals surface area contributed by atoms with Gasteiger partial charge in [0, 0.05) is 51.4 Å². The maximum Gasteiger partial charge on any atom is 0.191 e. The number of hydrogen-bond acceptors (Lipinski definition) is 5. The van der Waals surface area contributed by atoms with Crippen LogP contribution in [0.25, 0.3) is 10.9 Å². The van der Waals surface area contributed by atoms with Crippen LogP contribution in [0, 0.1) is 6.92 Å². The van der Waals surface area contributed by atoms with Gasteiger partial charge in [-0.3, -0.25) is 0 Å². The van der Waals surface area contributed by atoms with Gasteiger partial charge in [-0.15, -0.1) is 24.0 Å². The molecule has 0 atom stereocenters. The molecule has 1 aromatic carbocycles. The number of fused-ring (bicyclic) bond motifs is 1. The van der Waals surface area contributed by atoms with E-state index in [1.54, 1.807) is 0 Å². The lowest BCUT2D eigenvalue weighted by Crippen LogP contribution is -2.48. The maximum atomic E-state index is 4.94. The van der Waals surface area contributed by atoms with Crippen molar-refractivity contribution in [3.8, 4) is 0 Å². The van der Waals surface area contributed by atoms with Gasteiger partial charge in [0.1, 0.15) is 11.6 Å². The second kappa shape index (κ2) is 12.2.